The topological polar surface area (TPSA) is 95.5 Å². The monoisotopic (exact) mass is 262 g/mol. The van der Waals surface area contributed by atoms with Crippen LogP contribution in [-0.2, 0) is 14.4 Å². The van der Waals surface area contributed by atoms with E-state index in [1.54, 1.807) is 6.92 Å². The summed E-state index contributed by atoms with van der Waals surface area (Å²) in [5, 5.41) is 13.5. The molecule has 0 saturated carbocycles. The van der Waals surface area contributed by atoms with Gasteiger partial charge in [-0.15, -0.1) is 11.8 Å². The molecule has 17 heavy (non-hydrogen) atoms. The van der Waals surface area contributed by atoms with E-state index in [-0.39, 0.29) is 16.9 Å². The van der Waals surface area contributed by atoms with Crippen LogP contribution >= 0.6 is 11.8 Å². The molecule has 2 atom stereocenters. The van der Waals surface area contributed by atoms with Gasteiger partial charge in [0.25, 0.3) is 0 Å². The maximum Gasteiger partial charge on any atom is 0.327 e. The van der Waals surface area contributed by atoms with Crippen LogP contribution in [0.25, 0.3) is 0 Å². The number of carboxylic acids is 1. The molecule has 6 nitrogen and oxygen atoms in total. The Morgan fingerprint density at radius 3 is 2.35 bits per heavy atom. The van der Waals surface area contributed by atoms with Gasteiger partial charge in [-0.2, -0.15) is 0 Å². The van der Waals surface area contributed by atoms with Gasteiger partial charge >= 0.3 is 5.97 Å². The van der Waals surface area contributed by atoms with E-state index in [9.17, 15) is 14.4 Å². The Kier molecular flexibility index (Phi) is 7.36. The molecule has 0 heterocycles. The molecular weight excluding hydrogens is 244 g/mol. The van der Waals surface area contributed by atoms with Crippen molar-refractivity contribution in [2.24, 2.45) is 0 Å². The predicted molar refractivity (Wildman–Crippen MR) is 65.8 cm³/mol. The van der Waals surface area contributed by atoms with Gasteiger partial charge in [0.15, 0.2) is 0 Å². The minimum Gasteiger partial charge on any atom is -0.480 e. The second-order valence-corrected chi connectivity index (χ2v) is 4.84. The summed E-state index contributed by atoms with van der Waals surface area (Å²) in [6.07, 6.45) is 0. The first-order valence-corrected chi connectivity index (χ1v) is 6.32. The van der Waals surface area contributed by atoms with Crippen molar-refractivity contribution in [1.29, 1.82) is 0 Å². The third-order valence-electron chi connectivity index (χ3n) is 1.91. The van der Waals surface area contributed by atoms with Gasteiger partial charge in [0.05, 0.1) is 5.25 Å². The molecule has 7 heteroatoms. The van der Waals surface area contributed by atoms with Gasteiger partial charge in [-0.1, -0.05) is 0 Å². The Balaban J connectivity index is 4.16. The molecule has 2 amide bonds. The Morgan fingerprint density at radius 1 is 1.35 bits per heavy atom. The van der Waals surface area contributed by atoms with Gasteiger partial charge < -0.3 is 15.7 Å². The first kappa shape index (κ1) is 15.8. The van der Waals surface area contributed by atoms with Crippen LogP contribution in [0.2, 0.25) is 0 Å². The van der Waals surface area contributed by atoms with E-state index >= 15 is 0 Å². The number of hydrogen-bond acceptors (Lipinski definition) is 4. The summed E-state index contributed by atoms with van der Waals surface area (Å²) in [7, 11) is 0. The Labute approximate surface area is 105 Å². The minimum atomic E-state index is -1.10. The molecule has 0 fully saturated rings. The number of carbonyl (C=O) groups is 3. The summed E-state index contributed by atoms with van der Waals surface area (Å²) in [5.41, 5.74) is 0. The van der Waals surface area contributed by atoms with Crippen molar-refractivity contribution in [3.8, 4) is 0 Å². The minimum absolute atomic E-state index is 0.135. The van der Waals surface area contributed by atoms with Crippen molar-refractivity contribution < 1.29 is 19.5 Å². The molecule has 1 unspecified atom stereocenters. The number of carbonyl (C=O) groups excluding carboxylic acids is 2. The molecule has 0 radical (unpaired) electrons. The molecule has 98 valence electrons. The largest absolute Gasteiger partial charge is 0.480 e. The highest BCUT2D eigenvalue weighted by Crippen LogP contribution is 2.12. The van der Waals surface area contributed by atoms with Crippen LogP contribution in [0.1, 0.15) is 20.8 Å². The average Bonchev–Trinajstić information content (AvgIpc) is 2.23. The molecule has 0 aliphatic rings. The van der Waals surface area contributed by atoms with Gasteiger partial charge in [0, 0.05) is 19.2 Å². The van der Waals surface area contributed by atoms with Crippen molar-refractivity contribution in [1.82, 2.24) is 10.6 Å². The van der Waals surface area contributed by atoms with Gasteiger partial charge in [0.2, 0.25) is 11.8 Å². The lowest BCUT2D eigenvalue weighted by Crippen LogP contribution is -2.42. The summed E-state index contributed by atoms with van der Waals surface area (Å²) in [5.74, 6) is -1.48. The smallest absolute Gasteiger partial charge is 0.327 e. The maximum atomic E-state index is 11.4. The molecule has 0 saturated heterocycles. The maximum absolute atomic E-state index is 11.4. The van der Waals surface area contributed by atoms with Crippen LogP contribution in [0.15, 0.2) is 0 Å². The summed E-state index contributed by atoms with van der Waals surface area (Å²) in [4.78, 5) is 33.0. The molecular formula is C10H18N2O4S. The summed E-state index contributed by atoms with van der Waals surface area (Å²) < 4.78 is 0. The Bertz CT molecular complexity index is 296. The number of carboxylic acid groups (broad SMARTS) is 1. The fourth-order valence-electron chi connectivity index (χ4n) is 1.05. The number of hydrogen-bond donors (Lipinski definition) is 3. The van der Waals surface area contributed by atoms with Gasteiger partial charge in [-0.25, -0.2) is 4.79 Å². The third-order valence-corrected chi connectivity index (χ3v) is 3.15. The standard InChI is InChI=1S/C10H18N2O4S/c1-4-11-9(14)6(2)17-5-8(10(15)16)12-7(3)13/h6,8H,4-5H2,1-3H3,(H,11,14)(H,12,13)(H,15,16)/t6?,8-/m0/s1. The molecule has 0 aromatic carbocycles. The number of aliphatic carboxylic acids is 1. The predicted octanol–water partition coefficient (Wildman–Crippen LogP) is -0.166. The second kappa shape index (κ2) is 7.94. The van der Waals surface area contributed by atoms with E-state index in [0.29, 0.717) is 6.54 Å². The third kappa shape index (κ3) is 6.83. The van der Waals surface area contributed by atoms with E-state index in [2.05, 4.69) is 10.6 Å². The molecule has 0 aliphatic carbocycles. The average molecular weight is 262 g/mol. The highest BCUT2D eigenvalue weighted by Gasteiger charge is 2.21. The zero-order chi connectivity index (χ0) is 13.4. The van der Waals surface area contributed by atoms with Crippen molar-refractivity contribution in [3.05, 3.63) is 0 Å². The van der Waals surface area contributed by atoms with Crippen LogP contribution < -0.4 is 10.6 Å². The molecule has 0 rings (SSSR count). The SMILES string of the molecule is CCNC(=O)C(C)SC[C@H](NC(C)=O)C(=O)O. The van der Waals surface area contributed by atoms with Crippen molar-refractivity contribution in [2.45, 2.75) is 32.1 Å². The van der Waals surface area contributed by atoms with Crippen LogP contribution in [0.5, 0.6) is 0 Å². The molecule has 0 aromatic rings. The van der Waals surface area contributed by atoms with Crippen LogP contribution in [0, 0.1) is 0 Å². The molecule has 0 spiro atoms. The number of amides is 2. The lowest BCUT2D eigenvalue weighted by Gasteiger charge is -2.15. The lowest BCUT2D eigenvalue weighted by molar-refractivity contribution is -0.140. The summed E-state index contributed by atoms with van der Waals surface area (Å²) in [6.45, 7) is 5.31. The van der Waals surface area contributed by atoms with Gasteiger partial charge in [0.1, 0.15) is 6.04 Å². The summed E-state index contributed by atoms with van der Waals surface area (Å²) in [6, 6.07) is -0.964. The van der Waals surface area contributed by atoms with Crippen molar-refractivity contribution >= 4 is 29.5 Å². The van der Waals surface area contributed by atoms with Crippen molar-refractivity contribution in [3.63, 3.8) is 0 Å². The fraction of sp³-hybridized carbons (Fsp3) is 0.700. The van der Waals surface area contributed by atoms with Crippen molar-refractivity contribution in [2.75, 3.05) is 12.3 Å². The number of thioether (sulfide) groups is 1. The lowest BCUT2D eigenvalue weighted by atomic mass is 10.3. The quantitative estimate of drug-likeness (QED) is 0.592. The fourth-order valence-corrected chi connectivity index (χ4v) is 2.00. The molecule has 0 aliphatic heterocycles. The van der Waals surface area contributed by atoms with E-state index in [1.807, 2.05) is 6.92 Å². The molecule has 3 N–H and O–H groups in total. The molecule has 0 aromatic heterocycles. The van der Waals surface area contributed by atoms with Crippen LogP contribution in [-0.4, -0.2) is 46.5 Å². The van der Waals surface area contributed by atoms with Crippen LogP contribution in [0.3, 0.4) is 0 Å². The van der Waals surface area contributed by atoms with E-state index in [4.69, 9.17) is 5.11 Å². The molecule has 0 bridgehead atoms. The van der Waals surface area contributed by atoms with Crippen LogP contribution in [0.4, 0.5) is 0 Å². The van der Waals surface area contributed by atoms with E-state index in [0.717, 1.165) is 0 Å². The summed E-state index contributed by atoms with van der Waals surface area (Å²) >= 11 is 1.20. The Morgan fingerprint density at radius 2 is 1.94 bits per heavy atom. The zero-order valence-electron chi connectivity index (χ0n) is 10.1. The van der Waals surface area contributed by atoms with Gasteiger partial charge in [-0.3, -0.25) is 9.59 Å². The second-order valence-electron chi connectivity index (χ2n) is 3.46. The highest BCUT2D eigenvalue weighted by molar-refractivity contribution is 8.00. The zero-order valence-corrected chi connectivity index (χ0v) is 11.0. The van der Waals surface area contributed by atoms with Gasteiger partial charge in [-0.05, 0) is 13.8 Å². The first-order valence-electron chi connectivity index (χ1n) is 5.27. The first-order chi connectivity index (χ1) is 7.88. The normalized spacial score (nSPS) is 13.6. The Hall–Kier alpha value is -1.24. The van der Waals surface area contributed by atoms with E-state index < -0.39 is 17.9 Å². The number of rotatable bonds is 7. The number of nitrogens with one attached hydrogen (secondary N) is 2. The van der Waals surface area contributed by atoms with E-state index in [1.165, 1.54) is 18.7 Å². The highest BCUT2D eigenvalue weighted by atomic mass is 32.2.